The van der Waals surface area contributed by atoms with Crippen LogP contribution in [0.2, 0.25) is 0 Å². The molecule has 0 aliphatic heterocycles. The van der Waals surface area contributed by atoms with Crippen molar-refractivity contribution in [3.8, 4) is 0 Å². The molecule has 1 amide bonds. The molecule has 0 bridgehead atoms. The average molecular weight is 286 g/mol. The number of carbonyl (C=O) groups is 1. The first-order valence-electron chi connectivity index (χ1n) is 6.15. The molecular weight excluding hydrogens is 269 g/mol. The molecule has 2 nitrogen and oxygen atoms in total. The highest BCUT2D eigenvalue weighted by atomic mass is 35.5. The summed E-state index contributed by atoms with van der Waals surface area (Å²) in [4.78, 5) is 12.0. The summed E-state index contributed by atoms with van der Waals surface area (Å²) in [6.45, 7) is 4.17. The van der Waals surface area contributed by atoms with E-state index >= 15 is 0 Å². The largest absolute Gasteiger partial charge is 0.349 e. The lowest BCUT2D eigenvalue weighted by atomic mass is 9.96. The van der Waals surface area contributed by atoms with E-state index in [4.69, 9.17) is 23.2 Å². The Labute approximate surface area is 118 Å². The normalized spacial score (nSPS) is 22.6. The van der Waals surface area contributed by atoms with Crippen LogP contribution in [0.1, 0.15) is 31.9 Å². The summed E-state index contributed by atoms with van der Waals surface area (Å²) in [5.74, 6) is -0.0106. The van der Waals surface area contributed by atoms with E-state index in [-0.39, 0.29) is 17.9 Å². The maximum atomic E-state index is 12.0. The molecule has 18 heavy (non-hydrogen) atoms. The zero-order chi connectivity index (χ0) is 13.3. The van der Waals surface area contributed by atoms with Crippen LogP contribution < -0.4 is 5.32 Å². The molecule has 1 aliphatic carbocycles. The van der Waals surface area contributed by atoms with E-state index in [1.807, 2.05) is 30.3 Å². The smallest absolute Gasteiger partial charge is 0.226 e. The van der Waals surface area contributed by atoms with Gasteiger partial charge in [-0.3, -0.25) is 4.79 Å². The number of halogens is 2. The van der Waals surface area contributed by atoms with Gasteiger partial charge < -0.3 is 5.32 Å². The zero-order valence-corrected chi connectivity index (χ0v) is 12.0. The SMILES string of the molecule is CC(C)C(NC(=O)C1CC1(Cl)Cl)c1ccccc1. The molecule has 98 valence electrons. The Kier molecular flexibility index (Phi) is 3.88. The number of nitrogens with one attached hydrogen (secondary N) is 1. The molecule has 0 spiro atoms. The second-order valence-corrected chi connectivity index (χ2v) is 6.70. The van der Waals surface area contributed by atoms with E-state index in [9.17, 15) is 4.79 Å². The van der Waals surface area contributed by atoms with Crippen molar-refractivity contribution in [1.29, 1.82) is 0 Å². The molecule has 0 saturated heterocycles. The van der Waals surface area contributed by atoms with Gasteiger partial charge in [-0.25, -0.2) is 0 Å². The fourth-order valence-electron chi connectivity index (χ4n) is 2.05. The molecule has 1 aromatic carbocycles. The highest BCUT2D eigenvalue weighted by Crippen LogP contribution is 2.53. The van der Waals surface area contributed by atoms with Gasteiger partial charge in [0.25, 0.3) is 0 Å². The highest BCUT2D eigenvalue weighted by Gasteiger charge is 2.56. The van der Waals surface area contributed by atoms with Crippen LogP contribution >= 0.6 is 23.2 Å². The molecule has 1 saturated carbocycles. The van der Waals surface area contributed by atoms with Crippen molar-refractivity contribution < 1.29 is 4.79 Å². The minimum Gasteiger partial charge on any atom is -0.349 e. The lowest BCUT2D eigenvalue weighted by Gasteiger charge is -2.23. The highest BCUT2D eigenvalue weighted by molar-refractivity contribution is 6.52. The Morgan fingerprint density at radius 1 is 1.33 bits per heavy atom. The topological polar surface area (TPSA) is 29.1 Å². The lowest BCUT2D eigenvalue weighted by molar-refractivity contribution is -0.123. The predicted octanol–water partition coefficient (Wildman–Crippen LogP) is 3.69. The molecule has 0 radical (unpaired) electrons. The van der Waals surface area contributed by atoms with Gasteiger partial charge in [0.15, 0.2) is 0 Å². The molecule has 1 fully saturated rings. The van der Waals surface area contributed by atoms with E-state index in [1.54, 1.807) is 0 Å². The molecule has 4 heteroatoms. The quantitative estimate of drug-likeness (QED) is 0.840. The molecule has 2 atom stereocenters. The molecular formula is C14H17Cl2NO. The lowest BCUT2D eigenvalue weighted by Crippen LogP contribution is -2.33. The van der Waals surface area contributed by atoms with E-state index in [0.717, 1.165) is 5.56 Å². The van der Waals surface area contributed by atoms with Crippen molar-refractivity contribution in [3.05, 3.63) is 35.9 Å². The molecule has 0 aromatic heterocycles. The van der Waals surface area contributed by atoms with Gasteiger partial charge in [0.1, 0.15) is 4.33 Å². The number of alkyl halides is 2. The van der Waals surface area contributed by atoms with Gasteiger partial charge in [-0.1, -0.05) is 44.2 Å². The van der Waals surface area contributed by atoms with E-state index < -0.39 is 4.33 Å². The Hall–Kier alpha value is -0.730. The van der Waals surface area contributed by atoms with Crippen LogP contribution in [-0.4, -0.2) is 10.2 Å². The first-order valence-corrected chi connectivity index (χ1v) is 6.90. The Bertz CT molecular complexity index is 431. The van der Waals surface area contributed by atoms with Crippen molar-refractivity contribution in [2.75, 3.05) is 0 Å². The number of benzene rings is 1. The average Bonchev–Trinajstić information content (AvgIpc) is 2.96. The van der Waals surface area contributed by atoms with Gasteiger partial charge in [-0.05, 0) is 17.9 Å². The standard InChI is InChI=1S/C14H17Cl2NO/c1-9(2)12(10-6-4-3-5-7-10)17-13(18)11-8-14(11,15)16/h3-7,9,11-12H,8H2,1-2H3,(H,17,18). The second-order valence-electron chi connectivity index (χ2n) is 5.16. The first-order chi connectivity index (χ1) is 8.42. The predicted molar refractivity (Wildman–Crippen MR) is 74.7 cm³/mol. The maximum Gasteiger partial charge on any atom is 0.226 e. The van der Waals surface area contributed by atoms with Crippen LogP contribution in [0, 0.1) is 11.8 Å². The van der Waals surface area contributed by atoms with Gasteiger partial charge in [0.05, 0.1) is 12.0 Å². The van der Waals surface area contributed by atoms with Crippen molar-refractivity contribution in [2.24, 2.45) is 11.8 Å². The zero-order valence-electron chi connectivity index (χ0n) is 10.5. The van der Waals surface area contributed by atoms with Gasteiger partial charge in [-0.2, -0.15) is 0 Å². The molecule has 0 heterocycles. The Morgan fingerprint density at radius 3 is 2.33 bits per heavy atom. The number of rotatable bonds is 4. The van der Waals surface area contributed by atoms with Crippen molar-refractivity contribution >= 4 is 29.1 Å². The summed E-state index contributed by atoms with van der Waals surface area (Å²) >= 11 is 11.8. The fraction of sp³-hybridized carbons (Fsp3) is 0.500. The third-order valence-corrected chi connectivity index (χ3v) is 4.10. The molecule has 1 N–H and O–H groups in total. The summed E-state index contributed by atoms with van der Waals surface area (Å²) in [5, 5.41) is 3.04. The number of amides is 1. The summed E-state index contributed by atoms with van der Waals surface area (Å²) in [5.41, 5.74) is 1.11. The third-order valence-electron chi connectivity index (χ3n) is 3.27. The third kappa shape index (κ3) is 2.99. The minimum atomic E-state index is -0.859. The van der Waals surface area contributed by atoms with E-state index in [0.29, 0.717) is 12.3 Å². The number of carbonyl (C=O) groups excluding carboxylic acids is 1. The second kappa shape index (κ2) is 5.10. The summed E-state index contributed by atoms with van der Waals surface area (Å²) in [6.07, 6.45) is 0.543. The van der Waals surface area contributed by atoms with Crippen molar-refractivity contribution in [1.82, 2.24) is 5.32 Å². The van der Waals surface area contributed by atoms with Gasteiger partial charge in [0, 0.05) is 0 Å². The van der Waals surface area contributed by atoms with Crippen LogP contribution in [0.5, 0.6) is 0 Å². The molecule has 2 rings (SSSR count). The Morgan fingerprint density at radius 2 is 1.89 bits per heavy atom. The number of hydrogen-bond acceptors (Lipinski definition) is 1. The molecule has 2 unspecified atom stereocenters. The van der Waals surface area contributed by atoms with Crippen molar-refractivity contribution in [3.63, 3.8) is 0 Å². The van der Waals surface area contributed by atoms with Crippen LogP contribution in [-0.2, 0) is 4.79 Å². The summed E-state index contributed by atoms with van der Waals surface area (Å²) < 4.78 is -0.859. The van der Waals surface area contributed by atoms with Crippen LogP contribution in [0.15, 0.2) is 30.3 Å². The fourth-order valence-corrected chi connectivity index (χ4v) is 2.55. The van der Waals surface area contributed by atoms with Crippen molar-refractivity contribution in [2.45, 2.75) is 30.6 Å². The van der Waals surface area contributed by atoms with E-state index in [2.05, 4.69) is 19.2 Å². The van der Waals surface area contributed by atoms with Gasteiger partial charge in [-0.15, -0.1) is 23.2 Å². The summed E-state index contributed by atoms with van der Waals surface area (Å²) in [6, 6.07) is 9.96. The van der Waals surface area contributed by atoms with Gasteiger partial charge >= 0.3 is 0 Å². The minimum absolute atomic E-state index is 0.00318. The van der Waals surface area contributed by atoms with E-state index in [1.165, 1.54) is 0 Å². The number of hydrogen-bond donors (Lipinski definition) is 1. The first kappa shape index (κ1) is 13.7. The molecule has 1 aromatic rings. The van der Waals surface area contributed by atoms with Crippen LogP contribution in [0.4, 0.5) is 0 Å². The van der Waals surface area contributed by atoms with Gasteiger partial charge in [0.2, 0.25) is 5.91 Å². The summed E-state index contributed by atoms with van der Waals surface area (Å²) in [7, 11) is 0. The molecule has 1 aliphatic rings. The Balaban J connectivity index is 2.06. The monoisotopic (exact) mass is 285 g/mol. The van der Waals surface area contributed by atoms with Crippen LogP contribution in [0.3, 0.4) is 0 Å². The maximum absolute atomic E-state index is 12.0. The van der Waals surface area contributed by atoms with Crippen LogP contribution in [0.25, 0.3) is 0 Å².